The summed E-state index contributed by atoms with van der Waals surface area (Å²) in [6.07, 6.45) is 1.98. The minimum absolute atomic E-state index is 0.0938. The summed E-state index contributed by atoms with van der Waals surface area (Å²) in [5.74, 6) is -0.169. The van der Waals surface area contributed by atoms with E-state index in [2.05, 4.69) is 20.5 Å². The van der Waals surface area contributed by atoms with Crippen LogP contribution in [0.25, 0.3) is 0 Å². The number of hydrogen-bond acceptors (Lipinski definition) is 7. The van der Waals surface area contributed by atoms with Gasteiger partial charge in [0.15, 0.2) is 5.78 Å². The van der Waals surface area contributed by atoms with Crippen LogP contribution in [0, 0.1) is 6.92 Å². The Morgan fingerprint density at radius 1 is 1.02 bits per heavy atom. The third-order valence-corrected chi connectivity index (χ3v) is 6.59. The Morgan fingerprint density at radius 2 is 1.80 bits per heavy atom. The van der Waals surface area contributed by atoms with Gasteiger partial charge >= 0.3 is 12.1 Å². The van der Waals surface area contributed by atoms with Crippen molar-refractivity contribution in [3.63, 3.8) is 0 Å². The van der Waals surface area contributed by atoms with E-state index in [-0.39, 0.29) is 18.2 Å². The van der Waals surface area contributed by atoms with Crippen LogP contribution in [0.2, 0.25) is 0 Å². The molecular weight excluding hydrogens is 526 g/mol. The van der Waals surface area contributed by atoms with Gasteiger partial charge in [0.2, 0.25) is 0 Å². The van der Waals surface area contributed by atoms with Crippen LogP contribution in [0.5, 0.6) is 0 Å². The van der Waals surface area contributed by atoms with Crippen molar-refractivity contribution in [2.45, 2.75) is 52.7 Å². The fourth-order valence-electron chi connectivity index (χ4n) is 3.91. The predicted octanol–water partition coefficient (Wildman–Crippen LogP) is 6.21. The van der Waals surface area contributed by atoms with Crippen LogP contribution >= 0.6 is 11.3 Å². The van der Waals surface area contributed by atoms with Gasteiger partial charge < -0.3 is 19.9 Å². The first-order valence-electron chi connectivity index (χ1n) is 13.2. The molecule has 3 rings (SSSR count). The number of Topliss-reactive ketones (excluding diaryl/α,β-unsaturated/α-hetero) is 1. The second-order valence-corrected chi connectivity index (χ2v) is 11.7. The van der Waals surface area contributed by atoms with E-state index in [1.807, 2.05) is 56.7 Å². The summed E-state index contributed by atoms with van der Waals surface area (Å²) in [7, 11) is 4.01. The molecule has 0 aliphatic carbocycles. The maximum Gasteiger partial charge on any atom is 0.412 e. The monoisotopic (exact) mass is 565 g/mol. The van der Waals surface area contributed by atoms with Crippen LogP contribution in [0.1, 0.15) is 54.4 Å². The van der Waals surface area contributed by atoms with E-state index < -0.39 is 11.7 Å². The molecule has 40 heavy (non-hydrogen) atoms. The molecule has 0 radical (unpaired) electrons. The molecule has 3 amide bonds. The first-order valence-corrected chi connectivity index (χ1v) is 14.1. The quantitative estimate of drug-likeness (QED) is 0.268. The summed E-state index contributed by atoms with van der Waals surface area (Å²) >= 11 is 1.40. The zero-order valence-corrected chi connectivity index (χ0v) is 24.9. The van der Waals surface area contributed by atoms with E-state index >= 15 is 0 Å². The highest BCUT2D eigenvalue weighted by atomic mass is 32.1. The van der Waals surface area contributed by atoms with E-state index in [1.165, 1.54) is 11.3 Å². The Bertz CT molecular complexity index is 1300. The molecule has 0 aliphatic heterocycles. The van der Waals surface area contributed by atoms with Gasteiger partial charge in [-0.3, -0.25) is 15.1 Å². The van der Waals surface area contributed by atoms with Crippen molar-refractivity contribution in [3.05, 3.63) is 75.7 Å². The molecule has 9 nitrogen and oxygen atoms in total. The van der Waals surface area contributed by atoms with Gasteiger partial charge in [-0.2, -0.15) is 0 Å². The number of anilines is 2. The number of thiophene rings is 1. The molecule has 1 aromatic carbocycles. The number of nitrogens with zero attached hydrogens (tertiary/aromatic N) is 3. The van der Waals surface area contributed by atoms with Gasteiger partial charge in [0, 0.05) is 36.8 Å². The van der Waals surface area contributed by atoms with Crippen molar-refractivity contribution in [2.75, 3.05) is 37.8 Å². The molecule has 2 N–H and O–H groups in total. The highest BCUT2D eigenvalue weighted by Crippen LogP contribution is 2.24. The van der Waals surface area contributed by atoms with Crippen LogP contribution in [0.3, 0.4) is 0 Å². The fourth-order valence-corrected chi connectivity index (χ4v) is 4.69. The summed E-state index contributed by atoms with van der Waals surface area (Å²) in [5, 5.41) is 9.31. The molecule has 0 spiro atoms. The van der Waals surface area contributed by atoms with E-state index in [1.54, 1.807) is 43.3 Å². The average Bonchev–Trinajstić information content (AvgIpc) is 3.28. The van der Waals surface area contributed by atoms with Gasteiger partial charge in [0.05, 0.1) is 5.69 Å². The van der Waals surface area contributed by atoms with Crippen molar-refractivity contribution < 1.29 is 19.1 Å². The molecule has 2 heterocycles. The lowest BCUT2D eigenvalue weighted by molar-refractivity contribution is 0.0635. The van der Waals surface area contributed by atoms with Gasteiger partial charge in [0.1, 0.15) is 11.3 Å². The van der Waals surface area contributed by atoms with Crippen molar-refractivity contribution in [1.82, 2.24) is 14.8 Å². The fraction of sp³-hybridized carbons (Fsp3) is 0.400. The standard InChI is InChI=1S/C30H39N5O4S/c1-21-9-7-10-24(15-21)32-28(37)35(14-8-13-34(5)6)18-22-11-12-25(31-17-22)27(36)16-23-19-40-20-26(23)33-29(38)39-30(2,3)4/h7,9-12,15,17,19-20H,8,13-14,16,18H2,1-6H3,(H,32,37)(H,33,38). The second kappa shape index (κ2) is 14.0. The summed E-state index contributed by atoms with van der Waals surface area (Å²) in [4.78, 5) is 46.5. The lowest BCUT2D eigenvalue weighted by atomic mass is 10.1. The molecule has 2 aromatic heterocycles. The highest BCUT2D eigenvalue weighted by Gasteiger charge is 2.20. The average molecular weight is 566 g/mol. The number of benzene rings is 1. The molecule has 3 aromatic rings. The molecule has 214 valence electrons. The molecule has 0 aliphatic rings. The lowest BCUT2D eigenvalue weighted by Crippen LogP contribution is -2.36. The van der Waals surface area contributed by atoms with Gasteiger partial charge in [-0.05, 0) is 95.0 Å². The van der Waals surface area contributed by atoms with E-state index in [0.29, 0.717) is 30.0 Å². The molecule has 0 fully saturated rings. The van der Waals surface area contributed by atoms with E-state index in [9.17, 15) is 14.4 Å². The molecule has 0 bridgehead atoms. The van der Waals surface area contributed by atoms with Gasteiger partial charge in [-0.25, -0.2) is 9.59 Å². The number of ketones is 1. The Kier molecular flexibility index (Phi) is 10.8. The van der Waals surface area contributed by atoms with E-state index in [4.69, 9.17) is 4.74 Å². The summed E-state index contributed by atoms with van der Waals surface area (Å²) < 4.78 is 5.31. The first kappa shape index (κ1) is 30.8. The number of pyridine rings is 1. The van der Waals surface area contributed by atoms with Crippen molar-refractivity contribution in [2.24, 2.45) is 0 Å². The van der Waals surface area contributed by atoms with Crippen LogP contribution in [0.4, 0.5) is 21.0 Å². The van der Waals surface area contributed by atoms with Crippen LogP contribution in [-0.2, 0) is 17.7 Å². The number of hydrogen-bond donors (Lipinski definition) is 2. The normalized spacial score (nSPS) is 11.3. The number of rotatable bonds is 11. The third kappa shape index (κ3) is 10.1. The Labute approximate surface area is 240 Å². The summed E-state index contributed by atoms with van der Waals surface area (Å²) in [6.45, 7) is 9.14. The molecule has 0 saturated heterocycles. The number of urea groups is 1. The largest absolute Gasteiger partial charge is 0.444 e. The van der Waals surface area contributed by atoms with Crippen LogP contribution in [0.15, 0.2) is 53.4 Å². The van der Waals surface area contributed by atoms with Crippen molar-refractivity contribution in [3.8, 4) is 0 Å². The summed E-state index contributed by atoms with van der Waals surface area (Å²) in [6, 6.07) is 11.0. The van der Waals surface area contributed by atoms with Crippen molar-refractivity contribution in [1.29, 1.82) is 0 Å². The highest BCUT2D eigenvalue weighted by molar-refractivity contribution is 7.08. The van der Waals surface area contributed by atoms with Gasteiger partial charge in [-0.1, -0.05) is 18.2 Å². The molecule has 10 heteroatoms. The molecule has 0 atom stereocenters. The first-order chi connectivity index (χ1) is 18.9. The van der Waals surface area contributed by atoms with Crippen LogP contribution in [-0.4, -0.2) is 65.5 Å². The van der Waals surface area contributed by atoms with E-state index in [0.717, 1.165) is 29.8 Å². The van der Waals surface area contributed by atoms with Gasteiger partial charge in [0.25, 0.3) is 0 Å². The Morgan fingerprint density at radius 3 is 2.45 bits per heavy atom. The van der Waals surface area contributed by atoms with Crippen LogP contribution < -0.4 is 10.6 Å². The minimum Gasteiger partial charge on any atom is -0.444 e. The Balaban J connectivity index is 1.64. The zero-order valence-electron chi connectivity index (χ0n) is 24.1. The maximum absolute atomic E-state index is 13.1. The molecule has 0 unspecified atom stereocenters. The summed E-state index contributed by atoms with van der Waals surface area (Å²) in [5.41, 5.74) is 3.59. The van der Waals surface area contributed by atoms with Gasteiger partial charge in [-0.15, -0.1) is 11.3 Å². The molecular formula is C30H39N5O4S. The number of carbonyl (C=O) groups excluding carboxylic acids is 3. The third-order valence-electron chi connectivity index (χ3n) is 5.80. The SMILES string of the molecule is Cc1cccc(NC(=O)N(CCCN(C)C)Cc2ccc(C(=O)Cc3cscc3NC(=O)OC(C)(C)C)nc2)c1. The number of aromatic nitrogens is 1. The minimum atomic E-state index is -0.620. The second-order valence-electron chi connectivity index (χ2n) is 11.0. The zero-order chi connectivity index (χ0) is 29.3. The number of nitrogens with one attached hydrogen (secondary N) is 2. The van der Waals surface area contributed by atoms with Crippen molar-refractivity contribution >= 4 is 40.6 Å². The topological polar surface area (TPSA) is 104 Å². The number of amides is 3. The maximum atomic E-state index is 13.1. The Hall–Kier alpha value is -3.76. The number of ether oxygens (including phenoxy) is 1. The number of aryl methyl sites for hydroxylation is 1. The number of carbonyl (C=O) groups is 3. The smallest absolute Gasteiger partial charge is 0.412 e. The molecule has 0 saturated carbocycles. The lowest BCUT2D eigenvalue weighted by Gasteiger charge is -2.24. The predicted molar refractivity (Wildman–Crippen MR) is 160 cm³/mol.